The molecule has 3 aromatic carbocycles. The van der Waals surface area contributed by atoms with Gasteiger partial charge in [-0.05, 0) is 80.6 Å². The van der Waals surface area contributed by atoms with Gasteiger partial charge in [0, 0.05) is 22.2 Å². The lowest BCUT2D eigenvalue weighted by Crippen LogP contribution is -2.63. The van der Waals surface area contributed by atoms with Crippen molar-refractivity contribution in [2.75, 3.05) is 19.8 Å². The average Bonchev–Trinajstić information content (AvgIpc) is 3.43. The monoisotopic (exact) mass is 663 g/mol. The first-order chi connectivity index (χ1) is 21.5. The van der Waals surface area contributed by atoms with E-state index in [1.165, 1.54) is 11.0 Å². The first-order valence-electron chi connectivity index (χ1n) is 14.9. The molecule has 0 aliphatic carbocycles. The van der Waals surface area contributed by atoms with Gasteiger partial charge in [0.05, 0.1) is 30.9 Å². The number of esters is 1. The van der Waals surface area contributed by atoms with Crippen LogP contribution in [0.3, 0.4) is 0 Å². The number of nitrogens with one attached hydrogen (secondary N) is 2. The van der Waals surface area contributed by atoms with Gasteiger partial charge in [-0.3, -0.25) is 15.4 Å². The van der Waals surface area contributed by atoms with Gasteiger partial charge in [-0.1, -0.05) is 53.5 Å². The minimum Gasteiger partial charge on any atom is -0.493 e. The number of alkyl halides is 3. The summed E-state index contributed by atoms with van der Waals surface area (Å²) in [5.74, 6) is -1.17. The summed E-state index contributed by atoms with van der Waals surface area (Å²) in [6.07, 6.45) is -2.89. The Hall–Kier alpha value is -3.31. The highest BCUT2D eigenvalue weighted by molar-refractivity contribution is 6.30. The fourth-order valence-electron chi connectivity index (χ4n) is 6.12. The van der Waals surface area contributed by atoms with Crippen molar-refractivity contribution in [1.29, 1.82) is 0 Å². The molecule has 7 nitrogen and oxygen atoms in total. The minimum atomic E-state index is -4.64. The zero-order valence-corrected chi connectivity index (χ0v) is 26.3. The van der Waals surface area contributed by atoms with E-state index in [4.69, 9.17) is 32.7 Å². The Kier molecular flexibility index (Phi) is 9.98. The maximum Gasteiger partial charge on any atom is 0.416 e. The molecule has 2 aliphatic heterocycles. The normalized spacial score (nSPS) is 23.5. The highest BCUT2D eigenvalue weighted by Crippen LogP contribution is 2.46. The van der Waals surface area contributed by atoms with Gasteiger partial charge in [-0.2, -0.15) is 13.2 Å². The van der Waals surface area contributed by atoms with Crippen molar-refractivity contribution in [1.82, 2.24) is 15.5 Å². The van der Waals surface area contributed by atoms with Crippen LogP contribution in [-0.2, 0) is 26.2 Å². The Bertz CT molecular complexity index is 1470. The SMILES string of the molecule is CCOC(=O)C1CCCCN1C(=O)C1(c2ccc(C(F)(F)F)cc2OCC)NC(c2ccc(Cl)cc2)C(c2ccc(Cl)cc2)N1. The molecule has 45 heavy (non-hydrogen) atoms. The second-order valence-electron chi connectivity index (χ2n) is 11.0. The third kappa shape index (κ3) is 6.79. The van der Waals surface area contributed by atoms with Crippen LogP contribution in [0.4, 0.5) is 13.2 Å². The van der Waals surface area contributed by atoms with Crippen LogP contribution in [0.2, 0.25) is 10.0 Å². The Morgan fingerprint density at radius 3 is 1.98 bits per heavy atom. The van der Waals surface area contributed by atoms with E-state index in [1.807, 2.05) is 24.3 Å². The number of nitrogens with zero attached hydrogens (tertiary/aromatic N) is 1. The van der Waals surface area contributed by atoms with E-state index in [2.05, 4.69) is 10.6 Å². The number of benzene rings is 3. The number of likely N-dealkylation sites (tertiary alicyclic amines) is 1. The summed E-state index contributed by atoms with van der Waals surface area (Å²) in [6, 6.07) is 15.3. The number of carbonyl (C=O) groups excluding carboxylic acids is 2. The van der Waals surface area contributed by atoms with Crippen LogP contribution in [-0.4, -0.2) is 42.6 Å². The molecule has 0 radical (unpaired) electrons. The zero-order chi connectivity index (χ0) is 32.4. The molecule has 3 unspecified atom stereocenters. The first-order valence-corrected chi connectivity index (χ1v) is 15.6. The molecule has 2 saturated heterocycles. The third-order valence-corrected chi connectivity index (χ3v) is 8.70. The number of hydrogen-bond donors (Lipinski definition) is 2. The summed E-state index contributed by atoms with van der Waals surface area (Å²) in [6.45, 7) is 3.80. The largest absolute Gasteiger partial charge is 0.493 e. The van der Waals surface area contributed by atoms with Gasteiger partial charge >= 0.3 is 12.1 Å². The molecule has 12 heteroatoms. The summed E-state index contributed by atoms with van der Waals surface area (Å²) in [5, 5.41) is 7.98. The maximum absolute atomic E-state index is 15.0. The highest BCUT2D eigenvalue weighted by atomic mass is 35.5. The molecule has 0 bridgehead atoms. The molecule has 2 aliphatic rings. The van der Waals surface area contributed by atoms with Gasteiger partial charge in [0.15, 0.2) is 5.66 Å². The lowest BCUT2D eigenvalue weighted by molar-refractivity contribution is -0.159. The molecular weight excluding hydrogens is 630 g/mol. The summed E-state index contributed by atoms with van der Waals surface area (Å²) >= 11 is 12.4. The maximum atomic E-state index is 15.0. The van der Waals surface area contributed by atoms with Gasteiger partial charge in [0.1, 0.15) is 11.8 Å². The van der Waals surface area contributed by atoms with Gasteiger partial charge in [-0.25, -0.2) is 4.79 Å². The zero-order valence-electron chi connectivity index (χ0n) is 24.8. The predicted molar refractivity (Wildman–Crippen MR) is 165 cm³/mol. The van der Waals surface area contributed by atoms with Crippen molar-refractivity contribution in [3.63, 3.8) is 0 Å². The van der Waals surface area contributed by atoms with Crippen molar-refractivity contribution in [2.24, 2.45) is 0 Å². The van der Waals surface area contributed by atoms with Crippen molar-refractivity contribution in [3.8, 4) is 5.75 Å². The number of amides is 1. The van der Waals surface area contributed by atoms with E-state index in [0.717, 1.165) is 23.3 Å². The van der Waals surface area contributed by atoms with E-state index in [0.29, 0.717) is 29.3 Å². The molecule has 240 valence electrons. The quantitative estimate of drug-likeness (QED) is 0.249. The van der Waals surface area contributed by atoms with Crippen LogP contribution in [0.1, 0.15) is 67.4 Å². The number of piperidine rings is 1. The molecule has 3 atom stereocenters. The summed E-state index contributed by atoms with van der Waals surface area (Å²) in [5.41, 5.74) is -1.03. The summed E-state index contributed by atoms with van der Waals surface area (Å²) in [7, 11) is 0. The van der Waals surface area contributed by atoms with Gasteiger partial charge in [-0.15, -0.1) is 0 Å². The Balaban J connectivity index is 1.72. The molecule has 1 amide bonds. The fraction of sp³-hybridized carbons (Fsp3) is 0.394. The van der Waals surface area contributed by atoms with Crippen LogP contribution in [0.5, 0.6) is 5.75 Å². The van der Waals surface area contributed by atoms with Crippen LogP contribution in [0.15, 0.2) is 66.7 Å². The summed E-state index contributed by atoms with van der Waals surface area (Å²) < 4.78 is 52.7. The second-order valence-corrected chi connectivity index (χ2v) is 11.9. The Labute approximate surface area is 270 Å². The van der Waals surface area contributed by atoms with Gasteiger partial charge in [0.2, 0.25) is 0 Å². The second kappa shape index (κ2) is 13.6. The smallest absolute Gasteiger partial charge is 0.416 e. The molecule has 2 fully saturated rings. The van der Waals surface area contributed by atoms with Crippen LogP contribution in [0, 0.1) is 0 Å². The van der Waals surface area contributed by atoms with Crippen molar-refractivity contribution < 1.29 is 32.2 Å². The van der Waals surface area contributed by atoms with E-state index in [1.54, 1.807) is 38.1 Å². The minimum absolute atomic E-state index is 0.0506. The standard InChI is InChI=1S/C33H34Cl2F3N3O4/c1-3-44-27-19-22(33(36,37)38)12-17-25(27)32(31(43)41-18-6-5-7-26(41)30(42)45-4-2)39-28(20-8-13-23(34)14-9-20)29(40-32)21-10-15-24(35)16-11-21/h8-17,19,26,28-29,39-40H,3-7,18H2,1-2H3. The first kappa shape index (κ1) is 33.1. The molecule has 0 spiro atoms. The number of ether oxygens (including phenoxy) is 2. The van der Waals surface area contributed by atoms with Crippen LogP contribution >= 0.6 is 23.2 Å². The Morgan fingerprint density at radius 1 is 0.889 bits per heavy atom. The molecule has 0 saturated carbocycles. The fourth-order valence-corrected chi connectivity index (χ4v) is 6.37. The molecule has 2 heterocycles. The number of rotatable bonds is 8. The van der Waals surface area contributed by atoms with Crippen molar-refractivity contribution >= 4 is 35.1 Å². The number of halogens is 5. The highest BCUT2D eigenvalue weighted by Gasteiger charge is 2.56. The van der Waals surface area contributed by atoms with Crippen LogP contribution in [0.25, 0.3) is 0 Å². The van der Waals surface area contributed by atoms with E-state index in [9.17, 15) is 18.0 Å². The molecule has 3 aromatic rings. The predicted octanol–water partition coefficient (Wildman–Crippen LogP) is 7.18. The molecule has 5 rings (SSSR count). The third-order valence-electron chi connectivity index (χ3n) is 8.19. The van der Waals surface area contributed by atoms with E-state index in [-0.39, 0.29) is 31.1 Å². The van der Waals surface area contributed by atoms with E-state index < -0.39 is 47.4 Å². The molecule has 0 aromatic heterocycles. The van der Waals surface area contributed by atoms with Gasteiger partial charge < -0.3 is 14.4 Å². The number of hydrogen-bond acceptors (Lipinski definition) is 6. The topological polar surface area (TPSA) is 79.9 Å². The Morgan fingerprint density at radius 2 is 1.47 bits per heavy atom. The van der Waals surface area contributed by atoms with E-state index >= 15 is 4.79 Å². The lowest BCUT2D eigenvalue weighted by atomic mass is 9.92. The van der Waals surface area contributed by atoms with Gasteiger partial charge in [0.25, 0.3) is 5.91 Å². The summed E-state index contributed by atoms with van der Waals surface area (Å²) in [4.78, 5) is 29.6. The number of carbonyl (C=O) groups is 2. The molecular formula is C33H34Cl2F3N3O4. The van der Waals surface area contributed by atoms with Crippen molar-refractivity contribution in [3.05, 3.63) is 99.0 Å². The molecule has 2 N–H and O–H groups in total. The van der Waals surface area contributed by atoms with Crippen molar-refractivity contribution in [2.45, 2.75) is 63.1 Å². The van der Waals surface area contributed by atoms with Crippen LogP contribution < -0.4 is 15.4 Å². The lowest BCUT2D eigenvalue weighted by Gasteiger charge is -2.41. The average molecular weight is 665 g/mol.